The van der Waals surface area contributed by atoms with E-state index in [2.05, 4.69) is 17.7 Å². The van der Waals surface area contributed by atoms with Gasteiger partial charge in [0.15, 0.2) is 0 Å². The second kappa shape index (κ2) is 6.47. The van der Waals surface area contributed by atoms with Gasteiger partial charge in [-0.3, -0.25) is 0 Å². The van der Waals surface area contributed by atoms with E-state index in [-0.39, 0.29) is 12.1 Å². The first-order valence-corrected chi connectivity index (χ1v) is 7.11. The van der Waals surface area contributed by atoms with E-state index in [9.17, 15) is 4.79 Å². The number of terminal acetylenes is 1. The highest BCUT2D eigenvalue weighted by Crippen LogP contribution is 2.36. The number of esters is 1. The van der Waals surface area contributed by atoms with Gasteiger partial charge in [-0.15, -0.1) is 12.3 Å². The quantitative estimate of drug-likeness (QED) is 0.588. The summed E-state index contributed by atoms with van der Waals surface area (Å²) in [6, 6.07) is 7.49. The molecule has 0 saturated heterocycles. The van der Waals surface area contributed by atoms with Gasteiger partial charge in [-0.2, -0.15) is 0 Å². The number of hydrogen-bond acceptors (Lipinski definition) is 3. The highest BCUT2D eigenvalue weighted by Gasteiger charge is 2.33. The molecule has 3 nitrogen and oxygen atoms in total. The smallest absolute Gasteiger partial charge is 0.338 e. The molecular weight excluding hydrogens is 250 g/mol. The molecule has 0 spiro atoms. The van der Waals surface area contributed by atoms with Crippen LogP contribution in [0.3, 0.4) is 0 Å². The van der Waals surface area contributed by atoms with Crippen LogP contribution in [-0.4, -0.2) is 25.7 Å². The normalized spacial score (nSPS) is 15.2. The fraction of sp³-hybridized carbons (Fsp3) is 0.471. The first kappa shape index (κ1) is 14.5. The van der Waals surface area contributed by atoms with Crippen molar-refractivity contribution in [1.29, 1.82) is 0 Å². The molecular formula is C17H21NO2. The van der Waals surface area contributed by atoms with Gasteiger partial charge in [0, 0.05) is 25.7 Å². The van der Waals surface area contributed by atoms with Crippen LogP contribution in [0.1, 0.15) is 36.5 Å². The van der Waals surface area contributed by atoms with Crippen LogP contribution in [0, 0.1) is 18.3 Å². The zero-order valence-corrected chi connectivity index (χ0v) is 12.1. The van der Waals surface area contributed by atoms with E-state index in [1.54, 1.807) is 0 Å². The van der Waals surface area contributed by atoms with Gasteiger partial charge in [0.25, 0.3) is 0 Å². The standard InChI is InChI=1S/C17H21NO2/c1-4-6-16(13-7-8-13)20-17(19)14-9-11-15(12-10-14)18(3)5-2/h1,9-13,16H,5-8H2,2-3H3. The van der Waals surface area contributed by atoms with Crippen LogP contribution in [0.25, 0.3) is 0 Å². The van der Waals surface area contributed by atoms with E-state index in [1.807, 2.05) is 31.3 Å². The predicted octanol–water partition coefficient (Wildman–Crippen LogP) is 3.10. The SMILES string of the molecule is C#CCC(OC(=O)c1ccc(N(C)CC)cc1)C1CC1. The van der Waals surface area contributed by atoms with Gasteiger partial charge in [0.05, 0.1) is 5.56 Å². The highest BCUT2D eigenvalue weighted by molar-refractivity contribution is 5.90. The Morgan fingerprint density at radius 3 is 2.60 bits per heavy atom. The van der Waals surface area contributed by atoms with E-state index >= 15 is 0 Å². The molecule has 1 aliphatic carbocycles. The minimum atomic E-state index is -0.275. The fourth-order valence-corrected chi connectivity index (χ4v) is 2.13. The molecule has 106 valence electrons. The van der Waals surface area contributed by atoms with Crippen LogP contribution < -0.4 is 4.90 Å². The summed E-state index contributed by atoms with van der Waals surface area (Å²) < 4.78 is 5.53. The molecule has 0 aromatic heterocycles. The van der Waals surface area contributed by atoms with Crippen molar-refractivity contribution in [3.8, 4) is 12.3 Å². The largest absolute Gasteiger partial charge is 0.457 e. The van der Waals surface area contributed by atoms with Gasteiger partial charge in [0.2, 0.25) is 0 Å². The van der Waals surface area contributed by atoms with E-state index in [1.165, 1.54) is 0 Å². The zero-order chi connectivity index (χ0) is 14.5. The molecule has 1 atom stereocenters. The Kier molecular flexibility index (Phi) is 4.68. The van der Waals surface area contributed by atoms with Crippen molar-refractivity contribution in [1.82, 2.24) is 0 Å². The average molecular weight is 271 g/mol. The number of ether oxygens (including phenoxy) is 1. The number of hydrogen-bond donors (Lipinski definition) is 0. The third kappa shape index (κ3) is 3.54. The summed E-state index contributed by atoms with van der Waals surface area (Å²) in [6.07, 6.45) is 7.94. The van der Waals surface area contributed by atoms with Crippen molar-refractivity contribution in [2.24, 2.45) is 5.92 Å². The number of carbonyl (C=O) groups is 1. The minimum absolute atomic E-state index is 0.120. The molecule has 2 rings (SSSR count). The van der Waals surface area contributed by atoms with Crippen molar-refractivity contribution >= 4 is 11.7 Å². The molecule has 1 aromatic rings. The van der Waals surface area contributed by atoms with Gasteiger partial charge in [0.1, 0.15) is 6.10 Å². The second-order valence-corrected chi connectivity index (χ2v) is 5.25. The zero-order valence-electron chi connectivity index (χ0n) is 12.1. The Morgan fingerprint density at radius 2 is 2.10 bits per heavy atom. The van der Waals surface area contributed by atoms with Gasteiger partial charge in [-0.1, -0.05) is 0 Å². The minimum Gasteiger partial charge on any atom is -0.457 e. The number of nitrogens with zero attached hydrogens (tertiary/aromatic N) is 1. The summed E-state index contributed by atoms with van der Waals surface area (Å²) in [5, 5.41) is 0. The Morgan fingerprint density at radius 1 is 1.45 bits per heavy atom. The van der Waals surface area contributed by atoms with E-state index in [0.717, 1.165) is 25.1 Å². The Balaban J connectivity index is 1.99. The number of anilines is 1. The summed E-state index contributed by atoms with van der Waals surface area (Å²) >= 11 is 0. The molecule has 0 amide bonds. The molecule has 1 saturated carbocycles. The highest BCUT2D eigenvalue weighted by atomic mass is 16.5. The molecule has 0 bridgehead atoms. The molecule has 0 heterocycles. The summed E-state index contributed by atoms with van der Waals surface area (Å²) in [5.74, 6) is 2.78. The maximum absolute atomic E-state index is 12.1. The number of rotatable bonds is 6. The molecule has 1 aliphatic rings. The maximum atomic E-state index is 12.1. The van der Waals surface area contributed by atoms with Gasteiger partial charge in [-0.05, 0) is 49.9 Å². The lowest BCUT2D eigenvalue weighted by Crippen LogP contribution is -2.20. The number of benzene rings is 1. The van der Waals surface area contributed by atoms with Crippen molar-refractivity contribution in [3.05, 3.63) is 29.8 Å². The van der Waals surface area contributed by atoms with Crippen LogP contribution in [-0.2, 0) is 4.74 Å². The van der Waals surface area contributed by atoms with Gasteiger partial charge >= 0.3 is 5.97 Å². The van der Waals surface area contributed by atoms with E-state index < -0.39 is 0 Å². The molecule has 3 heteroatoms. The van der Waals surface area contributed by atoms with Crippen LogP contribution >= 0.6 is 0 Å². The van der Waals surface area contributed by atoms with Gasteiger partial charge < -0.3 is 9.64 Å². The summed E-state index contributed by atoms with van der Waals surface area (Å²) in [4.78, 5) is 14.2. The third-order valence-electron chi connectivity index (χ3n) is 3.74. The average Bonchev–Trinajstić information content (AvgIpc) is 3.30. The Labute approximate surface area is 120 Å². The molecule has 1 fully saturated rings. The summed E-state index contributed by atoms with van der Waals surface area (Å²) in [6.45, 7) is 3.01. The van der Waals surface area contributed by atoms with Crippen molar-refractivity contribution in [2.75, 3.05) is 18.5 Å². The maximum Gasteiger partial charge on any atom is 0.338 e. The predicted molar refractivity (Wildman–Crippen MR) is 80.8 cm³/mol. The lowest BCUT2D eigenvalue weighted by atomic mass is 10.1. The summed E-state index contributed by atoms with van der Waals surface area (Å²) in [7, 11) is 2.02. The van der Waals surface area contributed by atoms with Crippen LogP contribution in [0.5, 0.6) is 0 Å². The second-order valence-electron chi connectivity index (χ2n) is 5.25. The first-order valence-electron chi connectivity index (χ1n) is 7.11. The molecule has 0 N–H and O–H groups in total. The lowest BCUT2D eigenvalue weighted by Gasteiger charge is -2.18. The van der Waals surface area contributed by atoms with Crippen LogP contribution in [0.15, 0.2) is 24.3 Å². The fourth-order valence-electron chi connectivity index (χ4n) is 2.13. The third-order valence-corrected chi connectivity index (χ3v) is 3.74. The first-order chi connectivity index (χ1) is 9.65. The van der Waals surface area contributed by atoms with Crippen LogP contribution in [0.2, 0.25) is 0 Å². The van der Waals surface area contributed by atoms with Crippen molar-refractivity contribution in [3.63, 3.8) is 0 Å². The Hall–Kier alpha value is -1.95. The van der Waals surface area contributed by atoms with Crippen LogP contribution in [0.4, 0.5) is 5.69 Å². The monoisotopic (exact) mass is 271 g/mol. The van der Waals surface area contributed by atoms with Crippen molar-refractivity contribution < 1.29 is 9.53 Å². The summed E-state index contributed by atoms with van der Waals surface area (Å²) in [5.41, 5.74) is 1.67. The van der Waals surface area contributed by atoms with Gasteiger partial charge in [-0.25, -0.2) is 4.79 Å². The molecule has 1 unspecified atom stereocenters. The molecule has 1 aromatic carbocycles. The molecule has 0 aliphatic heterocycles. The molecule has 0 radical (unpaired) electrons. The Bertz CT molecular complexity index is 497. The van der Waals surface area contributed by atoms with Crippen molar-refractivity contribution in [2.45, 2.75) is 32.3 Å². The van der Waals surface area contributed by atoms with E-state index in [4.69, 9.17) is 11.2 Å². The molecule has 20 heavy (non-hydrogen) atoms. The van der Waals surface area contributed by atoms with E-state index in [0.29, 0.717) is 17.9 Å². The topological polar surface area (TPSA) is 29.5 Å². The lowest BCUT2D eigenvalue weighted by molar-refractivity contribution is 0.0261. The number of carbonyl (C=O) groups excluding carboxylic acids is 1.